The van der Waals surface area contributed by atoms with Crippen molar-refractivity contribution in [2.45, 2.75) is 13.1 Å². The number of carbonyl (C=O) groups is 1. The van der Waals surface area contributed by atoms with Crippen molar-refractivity contribution in [2.75, 3.05) is 14.2 Å². The quantitative estimate of drug-likeness (QED) is 0.387. The van der Waals surface area contributed by atoms with Gasteiger partial charge in [0.05, 0.1) is 36.8 Å². The van der Waals surface area contributed by atoms with Gasteiger partial charge in [0, 0.05) is 18.8 Å². The fraction of sp³-hybridized carbons (Fsp3) is 0.148. The Morgan fingerprint density at radius 3 is 2.47 bits per heavy atom. The van der Waals surface area contributed by atoms with Gasteiger partial charge in [-0.3, -0.25) is 9.48 Å². The van der Waals surface area contributed by atoms with Crippen molar-refractivity contribution in [1.82, 2.24) is 24.6 Å². The summed E-state index contributed by atoms with van der Waals surface area (Å²) in [7, 11) is 3.41. The highest BCUT2D eigenvalue weighted by Crippen LogP contribution is 2.26. The Labute approximate surface area is 197 Å². The molecule has 2 aromatic heterocycles. The summed E-state index contributed by atoms with van der Waals surface area (Å²) in [5.74, 6) is 1.37. The van der Waals surface area contributed by atoms with Crippen LogP contribution in [0.25, 0.3) is 22.3 Å². The van der Waals surface area contributed by atoms with E-state index in [-0.39, 0.29) is 5.91 Å². The summed E-state index contributed by atoms with van der Waals surface area (Å²) in [6.45, 7) is 0.935. The van der Waals surface area contributed by atoms with Crippen LogP contribution in [0.5, 0.6) is 5.75 Å². The fourth-order valence-corrected chi connectivity index (χ4v) is 3.97. The first-order valence-corrected chi connectivity index (χ1v) is 11.1. The zero-order valence-corrected chi connectivity index (χ0v) is 19.1. The van der Waals surface area contributed by atoms with Gasteiger partial charge in [0.15, 0.2) is 0 Å². The van der Waals surface area contributed by atoms with Crippen LogP contribution < -0.4 is 4.74 Å². The third-order valence-electron chi connectivity index (χ3n) is 5.72. The average Bonchev–Trinajstić information content (AvgIpc) is 3.48. The normalized spacial score (nSPS) is 11.0. The molecule has 7 nitrogen and oxygen atoms in total. The molecule has 0 radical (unpaired) electrons. The Kier molecular flexibility index (Phi) is 5.82. The van der Waals surface area contributed by atoms with Crippen LogP contribution in [0.3, 0.4) is 0 Å². The minimum atomic E-state index is -0.120. The molecule has 7 heteroatoms. The van der Waals surface area contributed by atoms with E-state index in [1.807, 2.05) is 89.7 Å². The second-order valence-corrected chi connectivity index (χ2v) is 8.16. The number of hydrogen-bond acceptors (Lipinski definition) is 4. The third-order valence-corrected chi connectivity index (χ3v) is 5.72. The summed E-state index contributed by atoms with van der Waals surface area (Å²) in [6, 6.07) is 25.5. The number of carbonyl (C=O) groups excluding carboxylic acids is 1. The van der Waals surface area contributed by atoms with Crippen molar-refractivity contribution < 1.29 is 9.53 Å². The van der Waals surface area contributed by atoms with Gasteiger partial charge in [-0.15, -0.1) is 0 Å². The van der Waals surface area contributed by atoms with Crippen molar-refractivity contribution >= 4 is 16.9 Å². The molecule has 3 aromatic carbocycles. The lowest BCUT2D eigenvalue weighted by molar-refractivity contribution is 0.0782. The number of nitrogens with zero attached hydrogens (tertiary/aromatic N) is 4. The highest BCUT2D eigenvalue weighted by atomic mass is 16.5. The monoisotopic (exact) mass is 451 g/mol. The van der Waals surface area contributed by atoms with E-state index in [9.17, 15) is 4.79 Å². The number of H-pyrrole nitrogens is 1. The molecular formula is C27H25N5O2. The molecule has 0 aliphatic rings. The molecule has 1 N–H and O–H groups in total. The predicted molar refractivity (Wildman–Crippen MR) is 132 cm³/mol. The van der Waals surface area contributed by atoms with E-state index in [2.05, 4.69) is 9.97 Å². The van der Waals surface area contributed by atoms with Gasteiger partial charge in [0.2, 0.25) is 0 Å². The Bertz CT molecular complexity index is 1390. The van der Waals surface area contributed by atoms with Crippen molar-refractivity contribution in [3.8, 4) is 17.0 Å². The molecule has 170 valence electrons. The van der Waals surface area contributed by atoms with E-state index < -0.39 is 0 Å². The molecule has 0 bridgehead atoms. The molecule has 34 heavy (non-hydrogen) atoms. The maximum absolute atomic E-state index is 13.6. The van der Waals surface area contributed by atoms with E-state index in [1.165, 1.54) is 0 Å². The summed E-state index contributed by atoms with van der Waals surface area (Å²) >= 11 is 0. The molecule has 0 aliphatic heterocycles. The number of nitrogens with one attached hydrogen (secondary N) is 1. The smallest absolute Gasteiger partial charge is 0.257 e. The second-order valence-electron chi connectivity index (χ2n) is 8.16. The van der Waals surface area contributed by atoms with Gasteiger partial charge >= 0.3 is 0 Å². The number of aromatic nitrogens is 4. The number of hydrogen-bond donors (Lipinski definition) is 1. The van der Waals surface area contributed by atoms with Gasteiger partial charge < -0.3 is 14.6 Å². The minimum absolute atomic E-state index is 0.120. The third kappa shape index (κ3) is 4.41. The Morgan fingerprint density at radius 1 is 1.00 bits per heavy atom. The number of ether oxygens (including phenoxy) is 1. The summed E-state index contributed by atoms with van der Waals surface area (Å²) in [5, 5.41) is 4.78. The Morgan fingerprint density at radius 2 is 1.74 bits per heavy atom. The molecule has 0 spiro atoms. The molecule has 1 amide bonds. The zero-order chi connectivity index (χ0) is 23.5. The molecule has 0 atom stereocenters. The van der Waals surface area contributed by atoms with Crippen molar-refractivity contribution in [2.24, 2.45) is 0 Å². The highest BCUT2D eigenvalue weighted by Gasteiger charge is 2.22. The number of fused-ring (bicyclic) bond motifs is 1. The lowest BCUT2D eigenvalue weighted by Crippen LogP contribution is -2.27. The molecule has 2 heterocycles. The minimum Gasteiger partial charge on any atom is -0.497 e. The van der Waals surface area contributed by atoms with Gasteiger partial charge in [0.25, 0.3) is 5.91 Å². The Balaban J connectivity index is 1.46. The topological polar surface area (TPSA) is 76.0 Å². The van der Waals surface area contributed by atoms with Crippen molar-refractivity contribution in [3.05, 3.63) is 102 Å². The number of aromatic amines is 1. The van der Waals surface area contributed by atoms with Crippen LogP contribution in [0, 0.1) is 0 Å². The molecule has 0 saturated heterocycles. The van der Waals surface area contributed by atoms with Gasteiger partial charge in [-0.25, -0.2) is 4.98 Å². The van der Waals surface area contributed by atoms with E-state index in [4.69, 9.17) is 9.84 Å². The van der Waals surface area contributed by atoms with E-state index >= 15 is 0 Å². The van der Waals surface area contributed by atoms with Gasteiger partial charge in [0.1, 0.15) is 17.3 Å². The molecule has 0 fully saturated rings. The molecule has 5 aromatic rings. The maximum Gasteiger partial charge on any atom is 0.257 e. The van der Waals surface area contributed by atoms with Gasteiger partial charge in [-0.1, -0.05) is 42.5 Å². The largest absolute Gasteiger partial charge is 0.497 e. The number of para-hydroxylation sites is 2. The van der Waals surface area contributed by atoms with Crippen LogP contribution in [0.15, 0.2) is 85.1 Å². The van der Waals surface area contributed by atoms with E-state index in [0.29, 0.717) is 24.3 Å². The van der Waals surface area contributed by atoms with Crippen molar-refractivity contribution in [3.63, 3.8) is 0 Å². The first-order valence-electron chi connectivity index (χ1n) is 11.1. The maximum atomic E-state index is 13.6. The lowest BCUT2D eigenvalue weighted by atomic mass is 10.1. The first-order chi connectivity index (χ1) is 16.6. The summed E-state index contributed by atoms with van der Waals surface area (Å²) in [6.07, 6.45) is 1.82. The molecular weight excluding hydrogens is 426 g/mol. The van der Waals surface area contributed by atoms with Crippen LogP contribution in [0.1, 0.15) is 21.7 Å². The highest BCUT2D eigenvalue weighted by molar-refractivity contribution is 5.99. The fourth-order valence-electron chi connectivity index (χ4n) is 3.97. The number of benzene rings is 3. The number of amides is 1. The van der Waals surface area contributed by atoms with Crippen LogP contribution in [0.4, 0.5) is 0 Å². The standard InChI is InChI=1S/C27H25N5O2/c1-31(18-25-28-23-10-6-7-11-24(23)29-25)27(33)22-17-32(16-19-8-4-3-5-9-19)30-26(22)20-12-14-21(34-2)15-13-20/h3-15,17H,16,18H2,1-2H3,(H,28,29). The average molecular weight is 452 g/mol. The molecule has 0 unspecified atom stereocenters. The van der Waals surface area contributed by atoms with E-state index in [1.54, 1.807) is 19.1 Å². The van der Waals surface area contributed by atoms with Gasteiger partial charge in [-0.2, -0.15) is 5.10 Å². The van der Waals surface area contributed by atoms with Crippen molar-refractivity contribution in [1.29, 1.82) is 0 Å². The summed E-state index contributed by atoms with van der Waals surface area (Å²) in [5.41, 5.74) is 4.98. The van der Waals surface area contributed by atoms with Crippen LogP contribution in [-0.4, -0.2) is 44.7 Å². The molecule has 5 rings (SSSR count). The number of rotatable bonds is 7. The second kappa shape index (κ2) is 9.23. The number of methoxy groups -OCH3 is 1. The van der Waals surface area contributed by atoms with Crippen LogP contribution in [0.2, 0.25) is 0 Å². The Hall–Kier alpha value is -4.39. The summed E-state index contributed by atoms with van der Waals surface area (Å²) in [4.78, 5) is 23.1. The van der Waals surface area contributed by atoms with Gasteiger partial charge in [-0.05, 0) is 42.0 Å². The molecule has 0 saturated carbocycles. The predicted octanol–water partition coefficient (Wildman–Crippen LogP) is 4.76. The zero-order valence-electron chi connectivity index (χ0n) is 19.1. The molecule has 0 aliphatic carbocycles. The number of imidazole rings is 1. The first kappa shape index (κ1) is 21.5. The lowest BCUT2D eigenvalue weighted by Gasteiger charge is -2.15. The summed E-state index contributed by atoms with van der Waals surface area (Å²) < 4.78 is 7.10. The van der Waals surface area contributed by atoms with Crippen LogP contribution in [-0.2, 0) is 13.1 Å². The van der Waals surface area contributed by atoms with Crippen LogP contribution >= 0.6 is 0 Å². The van der Waals surface area contributed by atoms with E-state index in [0.717, 1.165) is 33.7 Å². The SMILES string of the molecule is COc1ccc(-c2nn(Cc3ccccc3)cc2C(=O)N(C)Cc2nc3ccccc3[nH]2)cc1.